The Bertz CT molecular complexity index is 5470. The Balaban J connectivity index is 0.000000112. The smallest absolute Gasteiger partial charge is 0.248 e. The van der Waals surface area contributed by atoms with Crippen LogP contribution < -0.4 is 34.0 Å². The van der Waals surface area contributed by atoms with Gasteiger partial charge in [-0.15, -0.1) is 0 Å². The predicted octanol–water partition coefficient (Wildman–Crippen LogP) is 10.2. The van der Waals surface area contributed by atoms with Crippen LogP contribution in [0, 0.1) is 97.6 Å². The van der Waals surface area contributed by atoms with Gasteiger partial charge in [-0.2, -0.15) is 4.31 Å². The number of nitrogens with two attached hydrogens (primary N) is 5. The second-order valence-electron chi connectivity index (χ2n) is 44.5. The second-order valence-corrected chi connectivity index (χ2v) is 48.8. The first-order valence-electron chi connectivity index (χ1n) is 51.0. The summed E-state index contributed by atoms with van der Waals surface area (Å²) in [6.45, 7) is 20.5. The number of hydrogen-bond acceptors (Lipinski definition) is 24. The van der Waals surface area contributed by atoms with Crippen molar-refractivity contribution in [2.75, 3.05) is 164 Å². The Labute approximate surface area is 815 Å². The van der Waals surface area contributed by atoms with Gasteiger partial charge < -0.3 is 67.5 Å². The molecule has 5 aromatic rings. The van der Waals surface area contributed by atoms with Crippen LogP contribution in [0.25, 0.3) is 0 Å². The van der Waals surface area contributed by atoms with Crippen molar-refractivity contribution in [3.63, 3.8) is 0 Å². The quantitative estimate of drug-likeness (QED) is 0.0395. The van der Waals surface area contributed by atoms with Gasteiger partial charge in [0.15, 0.2) is 0 Å². The molecule has 15 heterocycles. The van der Waals surface area contributed by atoms with Crippen LogP contribution in [0.4, 0.5) is 43.9 Å². The number of sulfonamides is 2. The molecule has 23 rings (SSSR count). The van der Waals surface area contributed by atoms with Crippen LogP contribution in [0.5, 0.6) is 0 Å². The Hall–Kier alpha value is -6.32. The minimum atomic E-state index is -3.90. The number of imide groups is 1. The van der Waals surface area contributed by atoms with E-state index < -0.39 is 150 Å². The summed E-state index contributed by atoms with van der Waals surface area (Å²) in [4.78, 5) is 42.4. The third-order valence-electron chi connectivity index (χ3n) is 34.5. The van der Waals surface area contributed by atoms with Crippen LogP contribution in [0.2, 0.25) is 0 Å². The summed E-state index contributed by atoms with van der Waals surface area (Å²) in [7, 11) is -4.90. The van der Waals surface area contributed by atoms with Gasteiger partial charge in [0.05, 0.1) is 55.4 Å². The monoisotopic (exact) mass is 2000 g/mol. The Morgan fingerprint density at radius 2 is 0.686 bits per heavy atom. The standard InChI is InChI=1S/C23H33F2N3O3S.C22H31F2N3O.C20H23F2N3O5S.C19H27F2N3O.C18H25F2N3O/c24-16-5-6-20(25)19(11-16)22-21(26)12-17(13-31-22)27-9-7-23(14-27)8-10-28(15-23)32(29,30)18-3-1-2-4-18;23-16-3-4-19(24)18(9-16)21-20(25)10-17(12-28-21)27-8-6-22(14-27)5-7-26(13-22)11-15-1-2-15;21-10-1-4-16(22)13(5-10)18-17(23)6-11(9-30-18)24-7-14-15(8-24)20(27)25(19(14)26)31(28,29)12-2-3-12;1-23-6-4-19(11-23)5-7-24(12-19)14-9-17(22)18(25-10-14)15-8-13(20)2-3-16(15)21;19-12-1-2-15(20)14(7-12)17-16(21)8-13(9-24-17)23-6-4-18(11-23)3-5-22-10-18/h5-6,11,17-18,21-22H,1-4,7-10,12-15,26H2;3-4,9,15,17,20-21H,1-2,5-8,10-14,25H2;1,4-5,11-12,14-15,17-18H,2-3,6-9,23H2;2-3,8,14,17-18H,4-7,9-12,22H2,1H3;1-2,7,13,16-17,22H,3-6,8-11,21H2/t17-,21+,22-,23?;17-,20+,21-,22?;11-,14?,15?,17+,18-;14-,17+,18-,19?;13-,16+,17-,18?/m11111/s1. The van der Waals surface area contributed by atoms with E-state index in [1.165, 1.54) is 108 Å². The van der Waals surface area contributed by atoms with Crippen molar-refractivity contribution in [1.29, 1.82) is 0 Å². The molecule has 3 saturated carbocycles. The lowest BCUT2D eigenvalue weighted by molar-refractivity contribution is -0.135. The van der Waals surface area contributed by atoms with E-state index in [1.54, 1.807) is 4.31 Å². The highest BCUT2D eigenvalue weighted by Gasteiger charge is 2.61. The van der Waals surface area contributed by atoms with Gasteiger partial charge in [0.25, 0.3) is 0 Å². The summed E-state index contributed by atoms with van der Waals surface area (Å²) >= 11 is 0. The summed E-state index contributed by atoms with van der Waals surface area (Å²) in [5.74, 6) is -6.62. The molecule has 0 bridgehead atoms. The molecule has 0 radical (unpaired) electrons. The molecule has 0 aromatic heterocycles. The van der Waals surface area contributed by atoms with Crippen molar-refractivity contribution in [3.8, 4) is 0 Å². The van der Waals surface area contributed by atoms with Crippen molar-refractivity contribution in [3.05, 3.63) is 177 Å². The number of carbonyl (C=O) groups is 2. The summed E-state index contributed by atoms with van der Waals surface area (Å²) in [5, 5.41) is 2.65. The lowest BCUT2D eigenvalue weighted by atomic mass is 9.86. The predicted molar refractivity (Wildman–Crippen MR) is 505 cm³/mol. The Kier molecular flexibility index (Phi) is 30.8. The molecular weight excluding hydrogens is 1870 g/mol. The number of carbonyl (C=O) groups excluding carboxylic acids is 2. The van der Waals surface area contributed by atoms with Gasteiger partial charge in [-0.25, -0.2) is 65.0 Å². The van der Waals surface area contributed by atoms with E-state index in [-0.39, 0.29) is 107 Å². The van der Waals surface area contributed by atoms with Gasteiger partial charge in [-0.3, -0.25) is 34.1 Å². The SMILES string of the molecule is CN1CCC2(CCN([C@H]3CO[C@H](c4cc(F)ccc4F)[C@@H](N)C3)C2)C1.N[C@H]1C[C@@H](N2CC3C(=O)N(S(=O)(=O)C4CC4)C(=O)C3C2)CO[C@@H]1c1cc(F)ccc1F.N[C@H]1C[C@@H](N2CCC3(CCN(CC4CC4)C3)C2)CO[C@@H]1c1cc(F)ccc1F.N[C@H]1C[C@@H](N2CCC3(CCN(S(=O)(=O)C4CCCC4)C3)C2)CO[C@@H]1c1cc(F)ccc1F.N[C@H]1C[C@@H](N2CCC3(CCNC3)C2)CO[C@@H]1c1cc(F)ccc1F. The number of benzene rings is 5. The third kappa shape index (κ3) is 22.1. The van der Waals surface area contributed by atoms with E-state index in [9.17, 15) is 70.3 Å². The summed E-state index contributed by atoms with van der Waals surface area (Å²) in [6, 6.07) is 15.7. The fourth-order valence-corrected chi connectivity index (χ4v) is 30.3. The molecule has 38 heteroatoms. The van der Waals surface area contributed by atoms with Crippen LogP contribution >= 0.6 is 0 Å². The average molecular weight is 2010 g/mol. The van der Waals surface area contributed by atoms with E-state index in [0.29, 0.717) is 85.8 Å². The molecule has 18 aliphatic rings. The summed E-state index contributed by atoms with van der Waals surface area (Å²) in [5.41, 5.74) is 33.8. The fraction of sp³-hybridized carbons (Fsp3) is 0.686. The normalized spacial score (nSPS) is 36.2. The number of nitrogens with one attached hydrogen (secondary N) is 1. The maximum absolute atomic E-state index is 14.2. The first-order chi connectivity index (χ1) is 67.0. The van der Waals surface area contributed by atoms with Crippen molar-refractivity contribution < 1.29 is 94.0 Å². The first kappa shape index (κ1) is 102. The van der Waals surface area contributed by atoms with E-state index in [0.717, 1.165) is 196 Å². The van der Waals surface area contributed by atoms with Crippen molar-refractivity contribution in [2.45, 2.75) is 236 Å². The zero-order chi connectivity index (χ0) is 98.2. The van der Waals surface area contributed by atoms with E-state index in [4.69, 9.17) is 52.4 Å². The maximum atomic E-state index is 14.2. The number of amides is 2. The number of ether oxygens (including phenoxy) is 5. The van der Waals surface area contributed by atoms with Gasteiger partial charge in [0.1, 0.15) is 88.7 Å². The minimum absolute atomic E-state index is 0.00127. The van der Waals surface area contributed by atoms with Gasteiger partial charge in [-0.1, -0.05) is 12.8 Å². The molecule has 770 valence electrons. The molecule has 6 unspecified atom stereocenters. The highest BCUT2D eigenvalue weighted by atomic mass is 32.2. The van der Waals surface area contributed by atoms with Crippen molar-refractivity contribution in [1.82, 2.24) is 48.2 Å². The zero-order valence-electron chi connectivity index (χ0n) is 80.0. The number of rotatable bonds is 16. The topological polar surface area (TPSA) is 320 Å². The highest BCUT2D eigenvalue weighted by molar-refractivity contribution is 7.91. The van der Waals surface area contributed by atoms with Gasteiger partial charge >= 0.3 is 0 Å². The molecule has 4 spiro atoms. The van der Waals surface area contributed by atoms with Crippen LogP contribution in [-0.2, 0) is 53.3 Å². The number of halogens is 10. The number of hydrogen-bond donors (Lipinski definition) is 6. The van der Waals surface area contributed by atoms with E-state index >= 15 is 0 Å². The zero-order valence-corrected chi connectivity index (χ0v) is 81.7. The van der Waals surface area contributed by atoms with Crippen LogP contribution in [-0.4, -0.2) is 307 Å². The second kappa shape index (κ2) is 42.1. The van der Waals surface area contributed by atoms with Crippen molar-refractivity contribution in [2.24, 2.45) is 68.1 Å². The highest BCUT2D eigenvalue weighted by Crippen LogP contribution is 2.50. The average Bonchev–Trinajstić information content (AvgIpc) is 1.57. The lowest BCUT2D eigenvalue weighted by Crippen LogP contribution is -2.50. The summed E-state index contributed by atoms with van der Waals surface area (Å²) < 4.78 is 221. The molecule has 2 amide bonds. The van der Waals surface area contributed by atoms with Gasteiger partial charge in [0.2, 0.25) is 31.9 Å². The van der Waals surface area contributed by atoms with Crippen LogP contribution in [0.1, 0.15) is 193 Å². The number of fused-ring (bicyclic) bond motifs is 1. The van der Waals surface area contributed by atoms with Gasteiger partial charge in [0, 0.05) is 167 Å². The number of nitrogens with zero attached hydrogens (tertiary/aromatic N) is 9. The maximum Gasteiger partial charge on any atom is 0.248 e. The minimum Gasteiger partial charge on any atom is -0.370 e. The molecule has 15 aliphatic heterocycles. The van der Waals surface area contributed by atoms with E-state index in [1.807, 2.05) is 4.90 Å². The molecule has 21 atom stereocenters. The fourth-order valence-electron chi connectivity index (χ4n) is 26.4. The molecule has 26 nitrogen and oxygen atoms in total. The molecule has 140 heavy (non-hydrogen) atoms. The van der Waals surface area contributed by atoms with Crippen molar-refractivity contribution >= 4 is 31.9 Å². The molecule has 5 aromatic carbocycles. The molecular formula is C102H139F10N15O11S2. The Morgan fingerprint density at radius 3 is 1.02 bits per heavy atom. The van der Waals surface area contributed by atoms with E-state index in [2.05, 4.69) is 41.8 Å². The molecule has 15 saturated heterocycles. The molecule has 3 aliphatic carbocycles. The molecule has 11 N–H and O–H groups in total. The Morgan fingerprint density at radius 1 is 0.364 bits per heavy atom. The number of likely N-dealkylation sites (tertiary alicyclic amines) is 7. The lowest BCUT2D eigenvalue weighted by Gasteiger charge is -2.39. The van der Waals surface area contributed by atoms with Crippen LogP contribution in [0.3, 0.4) is 0 Å². The first-order valence-corrected chi connectivity index (χ1v) is 54.0. The van der Waals surface area contributed by atoms with Crippen LogP contribution in [0.15, 0.2) is 91.0 Å². The molecule has 18 fully saturated rings. The summed E-state index contributed by atoms with van der Waals surface area (Å²) in [6.07, 6.45) is 16.9. The third-order valence-corrected chi connectivity index (χ3v) is 39.1. The van der Waals surface area contributed by atoms with Gasteiger partial charge in [-0.05, 0) is 293 Å². The largest absolute Gasteiger partial charge is 0.370 e.